The molecule has 60 valence electrons. The van der Waals surface area contributed by atoms with Gasteiger partial charge >= 0.3 is 0 Å². The first-order valence-electron chi connectivity index (χ1n) is 3.29. The average molecular weight is 174 g/mol. The van der Waals surface area contributed by atoms with Crippen molar-refractivity contribution < 1.29 is 4.39 Å². The van der Waals surface area contributed by atoms with E-state index < -0.39 is 0 Å². The quantitative estimate of drug-likeness (QED) is 0.693. The van der Waals surface area contributed by atoms with Crippen molar-refractivity contribution >= 4 is 11.6 Å². The fraction of sp³-hybridized carbons (Fsp3) is 0.250. The van der Waals surface area contributed by atoms with E-state index in [1.165, 1.54) is 6.07 Å². The van der Waals surface area contributed by atoms with Crippen LogP contribution >= 0.6 is 11.6 Å². The molecule has 0 unspecified atom stereocenters. The number of aryl methyl sites for hydroxylation is 1. The van der Waals surface area contributed by atoms with Gasteiger partial charge < -0.3 is 5.73 Å². The molecular formula is C8H9ClFN. The van der Waals surface area contributed by atoms with Gasteiger partial charge in [-0.05, 0) is 18.6 Å². The summed E-state index contributed by atoms with van der Waals surface area (Å²) in [5, 5.41) is 0.444. The van der Waals surface area contributed by atoms with E-state index in [9.17, 15) is 4.39 Å². The highest BCUT2D eigenvalue weighted by molar-refractivity contribution is 6.31. The second-order valence-electron chi connectivity index (χ2n) is 2.40. The molecule has 2 N–H and O–H groups in total. The monoisotopic (exact) mass is 173 g/mol. The SMILES string of the molecule is Cc1cc(CN)c(F)cc1Cl. The largest absolute Gasteiger partial charge is 0.326 e. The molecule has 0 radical (unpaired) electrons. The lowest BCUT2D eigenvalue weighted by Gasteiger charge is -2.02. The van der Waals surface area contributed by atoms with Crippen LogP contribution in [-0.4, -0.2) is 0 Å². The van der Waals surface area contributed by atoms with Crippen molar-refractivity contribution in [2.24, 2.45) is 5.73 Å². The zero-order valence-corrected chi connectivity index (χ0v) is 6.95. The van der Waals surface area contributed by atoms with E-state index in [4.69, 9.17) is 17.3 Å². The van der Waals surface area contributed by atoms with E-state index in [1.807, 2.05) is 6.92 Å². The third-order valence-electron chi connectivity index (χ3n) is 1.55. The number of hydrogen-bond acceptors (Lipinski definition) is 1. The number of nitrogens with two attached hydrogens (primary N) is 1. The van der Waals surface area contributed by atoms with Crippen LogP contribution in [0.2, 0.25) is 5.02 Å². The molecule has 0 heterocycles. The molecule has 0 aliphatic heterocycles. The predicted octanol–water partition coefficient (Wildman–Crippen LogP) is 2.25. The van der Waals surface area contributed by atoms with Gasteiger partial charge in [-0.1, -0.05) is 17.7 Å². The van der Waals surface area contributed by atoms with Crippen LogP contribution in [0.15, 0.2) is 12.1 Å². The van der Waals surface area contributed by atoms with Gasteiger partial charge in [-0.25, -0.2) is 4.39 Å². The molecule has 0 saturated heterocycles. The fourth-order valence-corrected chi connectivity index (χ4v) is 1.02. The minimum absolute atomic E-state index is 0.212. The molecule has 1 nitrogen and oxygen atoms in total. The summed E-state index contributed by atoms with van der Waals surface area (Å²) in [6.07, 6.45) is 0. The summed E-state index contributed by atoms with van der Waals surface area (Å²) in [5.41, 5.74) is 6.65. The van der Waals surface area contributed by atoms with Gasteiger partial charge in [0, 0.05) is 17.1 Å². The second kappa shape index (κ2) is 3.20. The summed E-state index contributed by atoms with van der Waals surface area (Å²) >= 11 is 5.66. The molecule has 0 fully saturated rings. The van der Waals surface area contributed by atoms with Crippen LogP contribution in [0.5, 0.6) is 0 Å². The van der Waals surface area contributed by atoms with Crippen molar-refractivity contribution in [1.29, 1.82) is 0 Å². The van der Waals surface area contributed by atoms with E-state index in [0.717, 1.165) is 5.56 Å². The first kappa shape index (κ1) is 8.50. The Hall–Kier alpha value is -0.600. The summed E-state index contributed by atoms with van der Waals surface area (Å²) in [6.45, 7) is 2.03. The van der Waals surface area contributed by atoms with Gasteiger partial charge in [0.1, 0.15) is 5.82 Å². The van der Waals surface area contributed by atoms with E-state index in [2.05, 4.69) is 0 Å². The lowest BCUT2D eigenvalue weighted by molar-refractivity contribution is 0.610. The maximum absolute atomic E-state index is 12.9. The molecule has 11 heavy (non-hydrogen) atoms. The Morgan fingerprint density at radius 1 is 1.55 bits per heavy atom. The Bertz CT molecular complexity index is 273. The maximum atomic E-state index is 12.9. The Balaban J connectivity index is 3.21. The van der Waals surface area contributed by atoms with Crippen LogP contribution in [0, 0.1) is 12.7 Å². The van der Waals surface area contributed by atoms with E-state index >= 15 is 0 Å². The van der Waals surface area contributed by atoms with Crippen molar-refractivity contribution in [3.8, 4) is 0 Å². The zero-order valence-electron chi connectivity index (χ0n) is 6.20. The molecule has 1 aromatic rings. The van der Waals surface area contributed by atoms with Gasteiger partial charge in [0.15, 0.2) is 0 Å². The third-order valence-corrected chi connectivity index (χ3v) is 1.95. The topological polar surface area (TPSA) is 26.0 Å². The molecule has 0 bridgehead atoms. The molecule has 0 saturated carbocycles. The van der Waals surface area contributed by atoms with Gasteiger partial charge in [-0.2, -0.15) is 0 Å². The zero-order chi connectivity index (χ0) is 8.43. The molecule has 1 rings (SSSR count). The summed E-state index contributed by atoms with van der Waals surface area (Å²) in [4.78, 5) is 0. The Morgan fingerprint density at radius 2 is 2.18 bits per heavy atom. The standard InChI is InChI=1S/C8H9ClFN/c1-5-2-6(4-11)8(10)3-7(5)9/h2-3H,4,11H2,1H3. The van der Waals surface area contributed by atoms with Crippen molar-refractivity contribution in [2.75, 3.05) is 0 Å². The van der Waals surface area contributed by atoms with Crippen LogP contribution in [-0.2, 0) is 6.54 Å². The molecule has 0 aliphatic carbocycles. The number of rotatable bonds is 1. The van der Waals surface area contributed by atoms with Crippen LogP contribution in [0.25, 0.3) is 0 Å². The van der Waals surface area contributed by atoms with Gasteiger partial charge in [-0.3, -0.25) is 0 Å². The van der Waals surface area contributed by atoms with Crippen LogP contribution in [0.1, 0.15) is 11.1 Å². The molecule has 0 atom stereocenters. The Morgan fingerprint density at radius 3 is 2.73 bits per heavy atom. The molecule has 0 aliphatic rings. The van der Waals surface area contributed by atoms with Crippen LogP contribution in [0.3, 0.4) is 0 Å². The van der Waals surface area contributed by atoms with Crippen LogP contribution < -0.4 is 5.73 Å². The molecule has 0 spiro atoms. The number of benzene rings is 1. The van der Waals surface area contributed by atoms with Crippen molar-refractivity contribution in [2.45, 2.75) is 13.5 Å². The number of hydrogen-bond donors (Lipinski definition) is 1. The minimum Gasteiger partial charge on any atom is -0.326 e. The lowest BCUT2D eigenvalue weighted by Crippen LogP contribution is -2.00. The Kier molecular flexibility index (Phi) is 2.47. The lowest BCUT2D eigenvalue weighted by atomic mass is 10.1. The maximum Gasteiger partial charge on any atom is 0.129 e. The summed E-state index contributed by atoms with van der Waals surface area (Å²) in [7, 11) is 0. The van der Waals surface area contributed by atoms with Gasteiger partial charge in [-0.15, -0.1) is 0 Å². The summed E-state index contributed by atoms with van der Waals surface area (Å²) in [5.74, 6) is -0.330. The summed E-state index contributed by atoms with van der Waals surface area (Å²) < 4.78 is 12.9. The van der Waals surface area contributed by atoms with Crippen LogP contribution in [0.4, 0.5) is 4.39 Å². The molecule has 0 amide bonds. The first-order chi connectivity index (χ1) is 5.15. The van der Waals surface area contributed by atoms with E-state index in [1.54, 1.807) is 6.07 Å². The fourth-order valence-electron chi connectivity index (χ4n) is 0.873. The number of halogens is 2. The smallest absolute Gasteiger partial charge is 0.129 e. The predicted molar refractivity (Wildman–Crippen MR) is 44.0 cm³/mol. The van der Waals surface area contributed by atoms with Gasteiger partial charge in [0.05, 0.1) is 0 Å². The average Bonchev–Trinajstić information content (AvgIpc) is 1.97. The normalized spacial score (nSPS) is 10.2. The van der Waals surface area contributed by atoms with Crippen molar-refractivity contribution in [3.63, 3.8) is 0 Å². The van der Waals surface area contributed by atoms with Gasteiger partial charge in [0.25, 0.3) is 0 Å². The molecule has 0 aromatic heterocycles. The van der Waals surface area contributed by atoms with Gasteiger partial charge in [0.2, 0.25) is 0 Å². The van der Waals surface area contributed by atoms with Crippen molar-refractivity contribution in [3.05, 3.63) is 34.1 Å². The van der Waals surface area contributed by atoms with E-state index in [0.29, 0.717) is 10.6 Å². The highest BCUT2D eigenvalue weighted by Crippen LogP contribution is 2.19. The van der Waals surface area contributed by atoms with Crippen molar-refractivity contribution in [1.82, 2.24) is 0 Å². The first-order valence-corrected chi connectivity index (χ1v) is 3.67. The highest BCUT2D eigenvalue weighted by Gasteiger charge is 2.03. The minimum atomic E-state index is -0.330. The Labute approximate surface area is 70.0 Å². The van der Waals surface area contributed by atoms with E-state index in [-0.39, 0.29) is 12.4 Å². The highest BCUT2D eigenvalue weighted by atomic mass is 35.5. The molecular weight excluding hydrogens is 165 g/mol. The molecule has 3 heteroatoms. The summed E-state index contributed by atoms with van der Waals surface area (Å²) in [6, 6.07) is 2.96. The molecule has 1 aromatic carbocycles. The third kappa shape index (κ3) is 1.70. The second-order valence-corrected chi connectivity index (χ2v) is 2.80.